The van der Waals surface area contributed by atoms with Crippen molar-refractivity contribution in [1.82, 2.24) is 9.21 Å². The van der Waals surface area contributed by atoms with Crippen molar-refractivity contribution in [1.29, 1.82) is 0 Å². The maximum atomic E-state index is 13.2. The predicted molar refractivity (Wildman–Crippen MR) is 91.7 cm³/mol. The number of hydrogen-bond acceptors (Lipinski definition) is 6. The van der Waals surface area contributed by atoms with Crippen molar-refractivity contribution in [3.63, 3.8) is 0 Å². The number of benzene rings is 1. The molecule has 2 saturated heterocycles. The molecule has 0 spiro atoms. The normalized spacial score (nSPS) is 27.0. The van der Waals surface area contributed by atoms with Crippen LogP contribution in [0.3, 0.4) is 0 Å². The van der Waals surface area contributed by atoms with Crippen LogP contribution < -0.4 is 9.47 Å². The van der Waals surface area contributed by atoms with Crippen molar-refractivity contribution in [2.45, 2.75) is 17.4 Å². The monoisotopic (exact) mass is 382 g/mol. The van der Waals surface area contributed by atoms with Crippen LogP contribution in [-0.4, -0.2) is 76.1 Å². The summed E-state index contributed by atoms with van der Waals surface area (Å²) in [6.45, 7) is 1.95. The van der Waals surface area contributed by atoms with Crippen molar-refractivity contribution in [2.75, 3.05) is 46.6 Å². The van der Waals surface area contributed by atoms with Gasteiger partial charge in [-0.3, -0.25) is 4.79 Å². The van der Waals surface area contributed by atoms with Crippen LogP contribution in [0.5, 0.6) is 11.5 Å². The lowest BCUT2D eigenvalue weighted by molar-refractivity contribution is -0.133. The number of likely N-dealkylation sites (N-methyl/N-ethyl adjacent to an activating group) is 1. The number of hydrogen-bond donors (Lipinski definition) is 0. The highest BCUT2D eigenvalue weighted by atomic mass is 32.2. The quantitative estimate of drug-likeness (QED) is 0.733. The summed E-state index contributed by atoms with van der Waals surface area (Å²) in [7, 11) is -2.05. The number of amides is 1. The van der Waals surface area contributed by atoms with Gasteiger partial charge in [0, 0.05) is 32.6 Å². The summed E-state index contributed by atoms with van der Waals surface area (Å²) in [6.07, 6.45) is 0.751. The van der Waals surface area contributed by atoms with Crippen LogP contribution in [0.15, 0.2) is 23.1 Å². The molecule has 0 unspecified atom stereocenters. The number of ether oxygens (including phenoxy) is 3. The second kappa shape index (κ2) is 6.71. The fourth-order valence-corrected chi connectivity index (χ4v) is 5.05. The van der Waals surface area contributed by atoms with E-state index >= 15 is 0 Å². The topological polar surface area (TPSA) is 85.4 Å². The summed E-state index contributed by atoms with van der Waals surface area (Å²) in [5.74, 6) is 0.444. The fourth-order valence-electron chi connectivity index (χ4n) is 3.51. The molecule has 0 aliphatic carbocycles. The maximum Gasteiger partial charge on any atom is 0.243 e. The fraction of sp³-hybridized carbons (Fsp3) is 0.588. The molecule has 0 radical (unpaired) electrons. The minimum atomic E-state index is -3.76. The molecule has 4 rings (SSSR count). The number of nitrogens with zero attached hydrogens (tertiary/aromatic N) is 2. The molecule has 2 bridgehead atoms. The first-order valence-electron chi connectivity index (χ1n) is 8.71. The number of rotatable bonds is 2. The average Bonchev–Trinajstić information content (AvgIpc) is 2.96. The Labute approximate surface area is 152 Å². The molecule has 0 saturated carbocycles. The Bertz CT molecular complexity index is 811. The van der Waals surface area contributed by atoms with Crippen LogP contribution in [0.4, 0.5) is 0 Å². The Balaban J connectivity index is 1.66. The van der Waals surface area contributed by atoms with Crippen molar-refractivity contribution in [2.24, 2.45) is 5.92 Å². The Morgan fingerprint density at radius 3 is 2.65 bits per heavy atom. The zero-order valence-electron chi connectivity index (χ0n) is 14.6. The average molecular weight is 382 g/mol. The second-order valence-electron chi connectivity index (χ2n) is 6.82. The summed E-state index contributed by atoms with van der Waals surface area (Å²) in [5.41, 5.74) is 0. The van der Waals surface area contributed by atoms with E-state index in [1.807, 2.05) is 0 Å². The van der Waals surface area contributed by atoms with E-state index in [1.165, 1.54) is 16.4 Å². The van der Waals surface area contributed by atoms with Gasteiger partial charge in [-0.05, 0) is 12.1 Å². The highest BCUT2D eigenvalue weighted by Crippen LogP contribution is 2.33. The van der Waals surface area contributed by atoms with Crippen LogP contribution in [0.1, 0.15) is 6.42 Å². The van der Waals surface area contributed by atoms with Gasteiger partial charge in [0.1, 0.15) is 0 Å². The molecule has 2 fully saturated rings. The highest BCUT2D eigenvalue weighted by Gasteiger charge is 2.41. The summed E-state index contributed by atoms with van der Waals surface area (Å²) in [6, 6.07) is 4.39. The third kappa shape index (κ3) is 3.04. The van der Waals surface area contributed by atoms with Crippen LogP contribution in [0, 0.1) is 5.92 Å². The van der Waals surface area contributed by atoms with E-state index in [9.17, 15) is 13.2 Å². The SMILES string of the molecule is CN1C(=O)[C@H]2COC[C@@H]1CN(S(=O)(=O)c1ccc3c(c1)OCCCO3)C2. The van der Waals surface area contributed by atoms with E-state index in [1.54, 1.807) is 18.0 Å². The molecule has 142 valence electrons. The van der Waals surface area contributed by atoms with E-state index in [0.29, 0.717) is 31.3 Å². The molecular formula is C17H22N2O6S. The van der Waals surface area contributed by atoms with E-state index in [4.69, 9.17) is 14.2 Å². The van der Waals surface area contributed by atoms with Gasteiger partial charge < -0.3 is 19.1 Å². The minimum Gasteiger partial charge on any atom is -0.490 e. The van der Waals surface area contributed by atoms with Crippen LogP contribution in [0.2, 0.25) is 0 Å². The largest absolute Gasteiger partial charge is 0.490 e. The van der Waals surface area contributed by atoms with Gasteiger partial charge in [-0.15, -0.1) is 0 Å². The third-order valence-electron chi connectivity index (χ3n) is 5.07. The summed E-state index contributed by atoms with van der Waals surface area (Å²) in [5, 5.41) is 0. The molecule has 3 heterocycles. The summed E-state index contributed by atoms with van der Waals surface area (Å²) in [4.78, 5) is 14.2. The first kappa shape index (κ1) is 17.6. The molecule has 0 aromatic heterocycles. The predicted octanol–water partition coefficient (Wildman–Crippen LogP) is 0.326. The molecule has 8 nitrogen and oxygen atoms in total. The van der Waals surface area contributed by atoms with Gasteiger partial charge >= 0.3 is 0 Å². The Hall–Kier alpha value is -1.84. The lowest BCUT2D eigenvalue weighted by atomic mass is 10.1. The van der Waals surface area contributed by atoms with E-state index in [-0.39, 0.29) is 36.5 Å². The number of carbonyl (C=O) groups is 1. The van der Waals surface area contributed by atoms with Gasteiger partial charge in [0.25, 0.3) is 0 Å². The first-order valence-corrected chi connectivity index (χ1v) is 10.1. The van der Waals surface area contributed by atoms with E-state index < -0.39 is 15.9 Å². The van der Waals surface area contributed by atoms with Gasteiger partial charge in [0.2, 0.25) is 15.9 Å². The molecular weight excluding hydrogens is 360 g/mol. The third-order valence-corrected chi connectivity index (χ3v) is 6.90. The molecule has 3 aliphatic heterocycles. The zero-order valence-corrected chi connectivity index (χ0v) is 15.4. The smallest absolute Gasteiger partial charge is 0.243 e. The zero-order chi connectivity index (χ0) is 18.3. The van der Waals surface area contributed by atoms with Crippen molar-refractivity contribution in [3.05, 3.63) is 18.2 Å². The van der Waals surface area contributed by atoms with Crippen LogP contribution in [0.25, 0.3) is 0 Å². The molecule has 9 heteroatoms. The van der Waals surface area contributed by atoms with Gasteiger partial charge in [-0.1, -0.05) is 0 Å². The van der Waals surface area contributed by atoms with Crippen LogP contribution in [-0.2, 0) is 19.6 Å². The molecule has 26 heavy (non-hydrogen) atoms. The van der Waals surface area contributed by atoms with Gasteiger partial charge in [0.05, 0.1) is 43.3 Å². The maximum absolute atomic E-state index is 13.2. The lowest BCUT2D eigenvalue weighted by Gasteiger charge is -2.28. The Kier molecular flexibility index (Phi) is 4.54. The van der Waals surface area contributed by atoms with Gasteiger partial charge in [-0.25, -0.2) is 8.42 Å². The Morgan fingerprint density at radius 1 is 1.08 bits per heavy atom. The van der Waals surface area contributed by atoms with Crippen molar-refractivity contribution < 1.29 is 27.4 Å². The van der Waals surface area contributed by atoms with Gasteiger partial charge in [0.15, 0.2) is 11.5 Å². The number of carbonyl (C=O) groups excluding carboxylic acids is 1. The molecule has 0 N–H and O–H groups in total. The molecule has 1 aromatic carbocycles. The highest BCUT2D eigenvalue weighted by molar-refractivity contribution is 7.89. The number of fused-ring (bicyclic) bond motifs is 4. The summed E-state index contributed by atoms with van der Waals surface area (Å²) >= 11 is 0. The number of sulfonamides is 1. The second-order valence-corrected chi connectivity index (χ2v) is 8.76. The summed E-state index contributed by atoms with van der Waals surface area (Å²) < 4.78 is 44.5. The molecule has 1 amide bonds. The minimum absolute atomic E-state index is 0.0659. The molecule has 3 aliphatic rings. The molecule has 1 aromatic rings. The van der Waals surface area contributed by atoms with Crippen molar-refractivity contribution in [3.8, 4) is 11.5 Å². The Morgan fingerprint density at radius 2 is 1.85 bits per heavy atom. The van der Waals surface area contributed by atoms with E-state index in [0.717, 1.165) is 6.42 Å². The van der Waals surface area contributed by atoms with Gasteiger partial charge in [-0.2, -0.15) is 4.31 Å². The van der Waals surface area contributed by atoms with Crippen molar-refractivity contribution >= 4 is 15.9 Å². The van der Waals surface area contributed by atoms with E-state index in [2.05, 4.69) is 0 Å². The molecule has 2 atom stereocenters. The standard InChI is InChI=1S/C17H22N2O6S/c1-18-13-9-19(8-12(17(18)20)10-23-11-13)26(21,22)14-3-4-15-16(7-14)25-6-2-5-24-15/h3-4,7,12-13H,2,5-6,8-11H2,1H3/t12-,13+/m1/s1. The lowest BCUT2D eigenvalue weighted by Crippen LogP contribution is -2.45. The van der Waals surface area contributed by atoms with Crippen LogP contribution >= 0.6 is 0 Å². The first-order chi connectivity index (χ1) is 12.5.